The van der Waals surface area contributed by atoms with Crippen LogP contribution in [0.15, 0.2) is 77.9 Å². The zero-order valence-corrected chi connectivity index (χ0v) is 19.7. The molecule has 1 amide bonds. The van der Waals surface area contributed by atoms with Gasteiger partial charge in [0.15, 0.2) is 0 Å². The third kappa shape index (κ3) is 5.10. The average Bonchev–Trinajstić information content (AvgIpc) is 3.31. The molecule has 3 aromatic rings. The molecule has 0 aliphatic carbocycles. The number of nitrogens with zero attached hydrogens (tertiary/aromatic N) is 4. The second-order valence-electron chi connectivity index (χ2n) is 9.14. The molecule has 1 saturated heterocycles. The maximum atomic E-state index is 14.2. The monoisotopic (exact) mass is 474 g/mol. The number of carbonyl (C=O) groups is 1. The van der Waals surface area contributed by atoms with E-state index in [9.17, 15) is 13.6 Å². The maximum absolute atomic E-state index is 14.2. The summed E-state index contributed by atoms with van der Waals surface area (Å²) in [5, 5.41) is 6.24. The number of piperazine rings is 1. The van der Waals surface area contributed by atoms with Crippen molar-refractivity contribution in [3.63, 3.8) is 0 Å². The van der Waals surface area contributed by atoms with Gasteiger partial charge >= 0.3 is 0 Å². The lowest BCUT2D eigenvalue weighted by Gasteiger charge is -2.36. The highest BCUT2D eigenvalue weighted by Gasteiger charge is 2.34. The third-order valence-electron chi connectivity index (χ3n) is 6.67. The number of rotatable bonds is 5. The first-order chi connectivity index (χ1) is 17.0. The third-order valence-corrected chi connectivity index (χ3v) is 6.67. The number of amides is 1. The lowest BCUT2D eigenvalue weighted by Crippen LogP contribution is -2.49. The van der Waals surface area contributed by atoms with E-state index in [1.165, 1.54) is 23.2 Å². The molecule has 0 saturated carbocycles. The van der Waals surface area contributed by atoms with Gasteiger partial charge in [-0.1, -0.05) is 54.1 Å². The molecule has 0 radical (unpaired) electrons. The SMILES string of the molecule is Cc1cccc(C2=NN(C(=O)CN3CCN(c4ccccc4F)CC3)C(c3cccc(F)c3)C2)c1. The number of hydrogen-bond acceptors (Lipinski definition) is 4. The van der Waals surface area contributed by atoms with Crippen LogP contribution in [0.3, 0.4) is 0 Å². The minimum atomic E-state index is -0.353. The molecule has 0 N–H and O–H groups in total. The lowest BCUT2D eigenvalue weighted by atomic mass is 9.97. The molecule has 5 nitrogen and oxygen atoms in total. The molecule has 1 unspecified atom stereocenters. The minimum Gasteiger partial charge on any atom is -0.367 e. The Morgan fingerprint density at radius 3 is 2.46 bits per heavy atom. The van der Waals surface area contributed by atoms with Gasteiger partial charge in [0.25, 0.3) is 5.91 Å². The molecule has 1 atom stereocenters. The zero-order valence-electron chi connectivity index (χ0n) is 19.7. The van der Waals surface area contributed by atoms with Crippen LogP contribution in [0.2, 0.25) is 0 Å². The van der Waals surface area contributed by atoms with Crippen molar-refractivity contribution in [1.82, 2.24) is 9.91 Å². The summed E-state index contributed by atoms with van der Waals surface area (Å²) >= 11 is 0. The molecular formula is C28H28F2N4O. The standard InChI is InChI=1S/C28H28F2N4O/c1-20-6-4-7-21(16-20)25-18-27(22-8-5-9-23(29)17-22)34(31-25)28(35)19-32-12-14-33(15-13-32)26-11-3-2-10-24(26)30/h2-11,16-17,27H,12-15,18-19H2,1H3. The molecule has 3 aromatic carbocycles. The van der Waals surface area contributed by atoms with Crippen LogP contribution >= 0.6 is 0 Å². The Morgan fingerprint density at radius 1 is 0.943 bits per heavy atom. The fraction of sp³-hybridized carbons (Fsp3) is 0.286. The van der Waals surface area contributed by atoms with Gasteiger partial charge in [0.1, 0.15) is 11.6 Å². The normalized spacial score (nSPS) is 18.6. The van der Waals surface area contributed by atoms with Gasteiger partial charge in [-0.2, -0.15) is 5.10 Å². The second kappa shape index (κ2) is 9.96. The fourth-order valence-corrected chi connectivity index (χ4v) is 4.83. The Morgan fingerprint density at radius 2 is 1.71 bits per heavy atom. The smallest absolute Gasteiger partial charge is 0.257 e. The highest BCUT2D eigenvalue weighted by atomic mass is 19.1. The Bertz CT molecular complexity index is 1250. The minimum absolute atomic E-state index is 0.124. The quantitative estimate of drug-likeness (QED) is 0.535. The molecule has 180 valence electrons. The highest BCUT2D eigenvalue weighted by molar-refractivity contribution is 6.03. The van der Waals surface area contributed by atoms with Gasteiger partial charge in [-0.05, 0) is 42.3 Å². The molecule has 2 heterocycles. The first-order valence-electron chi connectivity index (χ1n) is 11.9. The van der Waals surface area contributed by atoms with E-state index in [-0.39, 0.29) is 30.1 Å². The highest BCUT2D eigenvalue weighted by Crippen LogP contribution is 2.33. The van der Waals surface area contributed by atoms with Gasteiger partial charge in [0, 0.05) is 32.6 Å². The molecule has 5 rings (SSSR count). The van der Waals surface area contributed by atoms with Crippen LogP contribution in [0.25, 0.3) is 0 Å². The summed E-state index contributed by atoms with van der Waals surface area (Å²) in [6.07, 6.45) is 0.527. The number of hydrazone groups is 1. The van der Waals surface area contributed by atoms with E-state index < -0.39 is 0 Å². The average molecular weight is 475 g/mol. The van der Waals surface area contributed by atoms with Crippen molar-refractivity contribution in [2.24, 2.45) is 5.10 Å². The summed E-state index contributed by atoms with van der Waals surface area (Å²) in [6.45, 7) is 4.80. The van der Waals surface area contributed by atoms with Gasteiger partial charge in [-0.25, -0.2) is 13.8 Å². The van der Waals surface area contributed by atoms with Crippen LogP contribution in [0.1, 0.15) is 29.2 Å². The van der Waals surface area contributed by atoms with Gasteiger partial charge < -0.3 is 4.90 Å². The summed E-state index contributed by atoms with van der Waals surface area (Å²) < 4.78 is 28.2. The predicted octanol–water partition coefficient (Wildman–Crippen LogP) is 4.77. The van der Waals surface area contributed by atoms with Gasteiger partial charge in [-0.15, -0.1) is 0 Å². The molecular weight excluding hydrogens is 446 g/mol. The number of anilines is 1. The topological polar surface area (TPSA) is 39.2 Å². The summed E-state index contributed by atoms with van der Waals surface area (Å²) in [5.41, 5.74) is 4.23. The van der Waals surface area contributed by atoms with Crippen molar-refractivity contribution in [1.29, 1.82) is 0 Å². The molecule has 0 spiro atoms. The molecule has 0 aromatic heterocycles. The Hall–Kier alpha value is -3.58. The maximum Gasteiger partial charge on any atom is 0.257 e. The predicted molar refractivity (Wildman–Crippen MR) is 133 cm³/mol. The number of para-hydroxylation sites is 1. The van der Waals surface area contributed by atoms with E-state index in [4.69, 9.17) is 5.10 Å². The van der Waals surface area contributed by atoms with Crippen molar-refractivity contribution in [3.05, 3.63) is 101 Å². The van der Waals surface area contributed by atoms with Crippen LogP contribution in [0.4, 0.5) is 14.5 Å². The largest absolute Gasteiger partial charge is 0.367 e. The van der Waals surface area contributed by atoms with Crippen molar-refractivity contribution in [3.8, 4) is 0 Å². The van der Waals surface area contributed by atoms with Crippen LogP contribution in [-0.4, -0.2) is 54.3 Å². The molecule has 2 aliphatic heterocycles. The van der Waals surface area contributed by atoms with E-state index in [1.807, 2.05) is 42.2 Å². The number of halogens is 2. The summed E-state index contributed by atoms with van der Waals surface area (Å²) in [6, 6.07) is 20.8. The van der Waals surface area contributed by atoms with Crippen LogP contribution < -0.4 is 4.90 Å². The first kappa shape index (κ1) is 23.2. The molecule has 0 bridgehead atoms. The molecule has 2 aliphatic rings. The fourth-order valence-electron chi connectivity index (χ4n) is 4.83. The van der Waals surface area contributed by atoms with E-state index in [1.54, 1.807) is 18.2 Å². The van der Waals surface area contributed by atoms with Gasteiger partial charge in [-0.3, -0.25) is 9.69 Å². The van der Waals surface area contributed by atoms with E-state index in [0.29, 0.717) is 38.3 Å². The zero-order chi connectivity index (χ0) is 24.4. The summed E-state index contributed by atoms with van der Waals surface area (Å²) in [4.78, 5) is 17.5. The molecule has 7 heteroatoms. The van der Waals surface area contributed by atoms with Crippen molar-refractivity contribution in [2.45, 2.75) is 19.4 Å². The van der Waals surface area contributed by atoms with Crippen molar-refractivity contribution >= 4 is 17.3 Å². The van der Waals surface area contributed by atoms with Crippen molar-refractivity contribution < 1.29 is 13.6 Å². The van der Waals surface area contributed by atoms with Crippen molar-refractivity contribution in [2.75, 3.05) is 37.6 Å². The number of aryl methyl sites for hydroxylation is 1. The number of hydrogen-bond donors (Lipinski definition) is 0. The van der Waals surface area contributed by atoms with Crippen LogP contribution in [0.5, 0.6) is 0 Å². The van der Waals surface area contributed by atoms with E-state index in [0.717, 1.165) is 22.4 Å². The summed E-state index contributed by atoms with van der Waals surface area (Å²) in [7, 11) is 0. The molecule has 35 heavy (non-hydrogen) atoms. The second-order valence-corrected chi connectivity index (χ2v) is 9.14. The van der Waals surface area contributed by atoms with Crippen LogP contribution in [0, 0.1) is 18.6 Å². The number of benzene rings is 3. The lowest BCUT2D eigenvalue weighted by molar-refractivity contribution is -0.134. The number of carbonyl (C=O) groups excluding carboxylic acids is 1. The Labute approximate surface area is 204 Å². The van der Waals surface area contributed by atoms with E-state index >= 15 is 0 Å². The Kier molecular flexibility index (Phi) is 6.59. The van der Waals surface area contributed by atoms with Gasteiger partial charge in [0.05, 0.1) is 24.0 Å². The first-order valence-corrected chi connectivity index (χ1v) is 11.9. The van der Waals surface area contributed by atoms with E-state index in [2.05, 4.69) is 11.0 Å². The van der Waals surface area contributed by atoms with Gasteiger partial charge in [0.2, 0.25) is 0 Å². The Balaban J connectivity index is 1.32. The molecule has 1 fully saturated rings. The van der Waals surface area contributed by atoms with Crippen LogP contribution in [-0.2, 0) is 4.79 Å². The summed E-state index contributed by atoms with van der Waals surface area (Å²) in [5.74, 6) is -0.686.